The van der Waals surface area contributed by atoms with Crippen LogP contribution < -0.4 is 0 Å². The third-order valence-electron chi connectivity index (χ3n) is 1.39. The van der Waals surface area contributed by atoms with E-state index >= 15 is 0 Å². The Bertz CT molecular complexity index is 326. The highest BCUT2D eigenvalue weighted by atomic mass is 19.4. The van der Waals surface area contributed by atoms with E-state index in [0.29, 0.717) is 12.1 Å². The van der Waals surface area contributed by atoms with Crippen molar-refractivity contribution in [2.24, 2.45) is 0 Å². The van der Waals surface area contributed by atoms with Gasteiger partial charge in [-0.2, -0.15) is 13.2 Å². The van der Waals surface area contributed by atoms with E-state index in [-0.39, 0.29) is 5.56 Å². The van der Waals surface area contributed by atoms with E-state index in [4.69, 9.17) is 0 Å². The Morgan fingerprint density at radius 3 is 2.08 bits per heavy atom. The molecular weight excluding hydrogens is 191 g/mol. The number of halogens is 5. The summed E-state index contributed by atoms with van der Waals surface area (Å²) in [4.78, 5) is 0. The number of hydrogen-bond donors (Lipinski definition) is 0. The summed E-state index contributed by atoms with van der Waals surface area (Å²) in [6.07, 6.45) is -4.89. The van der Waals surface area contributed by atoms with Crippen molar-refractivity contribution in [2.75, 3.05) is 0 Å². The highest BCUT2D eigenvalue weighted by Crippen LogP contribution is 2.32. The molecule has 0 aliphatic rings. The van der Waals surface area contributed by atoms with Crippen LogP contribution in [0.25, 0.3) is 0 Å². The molecule has 5 heteroatoms. The first kappa shape index (κ1) is 9.95. The molecule has 0 nitrogen and oxygen atoms in total. The average molecular weight is 195 g/mol. The first-order valence-electron chi connectivity index (χ1n) is 3.20. The molecule has 0 bridgehead atoms. The second-order valence-electron chi connectivity index (χ2n) is 2.44. The fourth-order valence-corrected chi connectivity index (χ4v) is 0.851. The lowest BCUT2D eigenvalue weighted by Crippen LogP contribution is -2.10. The van der Waals surface area contributed by atoms with Gasteiger partial charge in [0.25, 0.3) is 0 Å². The first-order chi connectivity index (χ1) is 5.82. The molecule has 0 saturated carbocycles. The van der Waals surface area contributed by atoms with Crippen LogP contribution in [0.4, 0.5) is 22.0 Å². The molecule has 1 rings (SSSR count). The fourth-order valence-electron chi connectivity index (χ4n) is 0.851. The van der Waals surface area contributed by atoms with Gasteiger partial charge in [-0.3, -0.25) is 0 Å². The van der Waals surface area contributed by atoms with Crippen LogP contribution in [0.3, 0.4) is 0 Å². The maximum absolute atomic E-state index is 12.6. The Morgan fingerprint density at radius 2 is 1.62 bits per heavy atom. The molecule has 0 aromatic heterocycles. The molecule has 0 aliphatic heterocycles. The maximum Gasteiger partial charge on any atom is 0.419 e. The summed E-state index contributed by atoms with van der Waals surface area (Å²) in [7, 11) is 0. The van der Waals surface area contributed by atoms with Crippen molar-refractivity contribution >= 4 is 0 Å². The van der Waals surface area contributed by atoms with Crippen LogP contribution in [0.2, 0.25) is 0 Å². The average Bonchev–Trinajstić information content (AvgIpc) is 1.94. The van der Waals surface area contributed by atoms with E-state index in [0.717, 1.165) is 0 Å². The minimum atomic E-state index is -4.89. The predicted octanol–water partition coefficient (Wildman–Crippen LogP) is 3.17. The van der Waals surface area contributed by atoms with Gasteiger partial charge >= 0.3 is 6.18 Å². The number of benzene rings is 1. The Hall–Kier alpha value is -1.13. The van der Waals surface area contributed by atoms with Gasteiger partial charge in [-0.25, -0.2) is 8.78 Å². The first-order valence-corrected chi connectivity index (χ1v) is 3.20. The lowest BCUT2D eigenvalue weighted by Gasteiger charge is -2.08. The molecule has 0 N–H and O–H groups in total. The SMILES string of the molecule is [CH2]c1cc(F)c(F)c(C(F)(F)F)c1. The van der Waals surface area contributed by atoms with Gasteiger partial charge in [0.1, 0.15) is 0 Å². The zero-order valence-electron chi connectivity index (χ0n) is 6.25. The van der Waals surface area contributed by atoms with E-state index in [1.165, 1.54) is 0 Å². The molecule has 1 aromatic rings. The van der Waals surface area contributed by atoms with Gasteiger partial charge in [-0.1, -0.05) is 0 Å². The molecule has 71 valence electrons. The Morgan fingerprint density at radius 1 is 1.08 bits per heavy atom. The summed E-state index contributed by atoms with van der Waals surface area (Å²) < 4.78 is 60.9. The summed E-state index contributed by atoms with van der Waals surface area (Å²) in [6.45, 7) is 3.09. The molecule has 0 spiro atoms. The molecule has 1 aromatic carbocycles. The summed E-state index contributed by atoms with van der Waals surface area (Å²) in [5.74, 6) is -3.43. The Labute approximate surface area is 71.0 Å². The maximum atomic E-state index is 12.6. The normalized spacial score (nSPS) is 11.8. The van der Waals surface area contributed by atoms with Crippen molar-refractivity contribution in [2.45, 2.75) is 6.18 Å². The van der Waals surface area contributed by atoms with Gasteiger partial charge in [-0.05, 0) is 24.6 Å². The molecular formula is C8H4F5. The monoisotopic (exact) mass is 195 g/mol. The van der Waals surface area contributed by atoms with Crippen LogP contribution in [0.15, 0.2) is 12.1 Å². The zero-order chi connectivity index (χ0) is 10.2. The van der Waals surface area contributed by atoms with Crippen LogP contribution in [-0.2, 0) is 6.18 Å². The molecule has 13 heavy (non-hydrogen) atoms. The third kappa shape index (κ3) is 1.96. The van der Waals surface area contributed by atoms with Gasteiger partial charge in [-0.15, -0.1) is 0 Å². The van der Waals surface area contributed by atoms with Crippen molar-refractivity contribution in [1.82, 2.24) is 0 Å². The lowest BCUT2D eigenvalue weighted by molar-refractivity contribution is -0.140. The second-order valence-corrected chi connectivity index (χ2v) is 2.44. The highest BCUT2D eigenvalue weighted by Gasteiger charge is 2.35. The predicted molar refractivity (Wildman–Crippen MR) is 35.8 cm³/mol. The van der Waals surface area contributed by atoms with Gasteiger partial charge in [0.05, 0.1) is 5.56 Å². The van der Waals surface area contributed by atoms with Crippen LogP contribution in [0.1, 0.15) is 11.1 Å². The number of hydrogen-bond acceptors (Lipinski definition) is 0. The zero-order valence-corrected chi connectivity index (χ0v) is 6.25. The molecule has 1 radical (unpaired) electrons. The minimum absolute atomic E-state index is 0.216. The van der Waals surface area contributed by atoms with Crippen molar-refractivity contribution in [3.8, 4) is 0 Å². The summed E-state index contributed by atoms with van der Waals surface area (Å²) in [5, 5.41) is 0. The van der Waals surface area contributed by atoms with Crippen molar-refractivity contribution < 1.29 is 22.0 Å². The highest BCUT2D eigenvalue weighted by molar-refractivity contribution is 5.29. The van der Waals surface area contributed by atoms with E-state index < -0.39 is 23.4 Å². The number of rotatable bonds is 0. The quantitative estimate of drug-likeness (QED) is 0.558. The van der Waals surface area contributed by atoms with Crippen LogP contribution in [0.5, 0.6) is 0 Å². The van der Waals surface area contributed by atoms with E-state index in [2.05, 4.69) is 6.92 Å². The third-order valence-corrected chi connectivity index (χ3v) is 1.39. The minimum Gasteiger partial charge on any atom is -0.204 e. The van der Waals surface area contributed by atoms with Crippen molar-refractivity contribution in [1.29, 1.82) is 0 Å². The van der Waals surface area contributed by atoms with Gasteiger partial charge in [0.2, 0.25) is 0 Å². The molecule has 0 heterocycles. The standard InChI is InChI=1S/C8H4F5/c1-4-2-5(8(11,12)13)7(10)6(9)3-4/h2-3H,1H2. The van der Waals surface area contributed by atoms with Crippen molar-refractivity contribution in [3.63, 3.8) is 0 Å². The summed E-state index contributed by atoms with van der Waals surface area (Å²) >= 11 is 0. The largest absolute Gasteiger partial charge is 0.419 e. The summed E-state index contributed by atoms with van der Waals surface area (Å²) in [5.41, 5.74) is -1.84. The molecule has 0 unspecified atom stereocenters. The Kier molecular flexibility index (Phi) is 2.28. The smallest absolute Gasteiger partial charge is 0.204 e. The van der Waals surface area contributed by atoms with Gasteiger partial charge in [0.15, 0.2) is 11.6 Å². The van der Waals surface area contributed by atoms with Crippen LogP contribution >= 0.6 is 0 Å². The fraction of sp³-hybridized carbons (Fsp3) is 0.125. The molecule has 0 atom stereocenters. The topological polar surface area (TPSA) is 0 Å². The molecule has 0 amide bonds. The van der Waals surface area contributed by atoms with Gasteiger partial charge in [0, 0.05) is 0 Å². The lowest BCUT2D eigenvalue weighted by atomic mass is 10.1. The van der Waals surface area contributed by atoms with Crippen LogP contribution in [-0.4, -0.2) is 0 Å². The summed E-state index contributed by atoms with van der Waals surface area (Å²) in [6, 6.07) is 1.06. The number of alkyl halides is 3. The molecule has 0 fully saturated rings. The molecule has 0 aliphatic carbocycles. The second kappa shape index (κ2) is 2.97. The molecule has 0 saturated heterocycles. The van der Waals surface area contributed by atoms with E-state index in [1.807, 2.05) is 0 Å². The van der Waals surface area contributed by atoms with Gasteiger partial charge < -0.3 is 0 Å². The van der Waals surface area contributed by atoms with Crippen LogP contribution in [0, 0.1) is 18.6 Å². The van der Waals surface area contributed by atoms with Crippen molar-refractivity contribution in [3.05, 3.63) is 41.8 Å². The van der Waals surface area contributed by atoms with E-state index in [9.17, 15) is 22.0 Å². The van der Waals surface area contributed by atoms with E-state index in [1.54, 1.807) is 0 Å². The Balaban J connectivity index is 3.37.